The molecule has 0 bridgehead atoms. The molecule has 0 amide bonds. The van der Waals surface area contributed by atoms with Crippen LogP contribution in [-0.4, -0.2) is 13.3 Å². The lowest BCUT2D eigenvalue weighted by Gasteiger charge is -2.28. The normalized spacial score (nSPS) is 20.4. The minimum absolute atomic E-state index is 0.145. The van der Waals surface area contributed by atoms with Crippen LogP contribution in [0.3, 0.4) is 0 Å². The van der Waals surface area contributed by atoms with Crippen molar-refractivity contribution in [3.05, 3.63) is 21.9 Å². The summed E-state index contributed by atoms with van der Waals surface area (Å²) in [5, 5.41) is 0. The topological polar surface area (TPSA) is 44.5 Å². The standard InChI is InChI=1S/C13H15BrFNO2/c14-10-11(15)8(5-9-12(10)18-7-17-9)13(6-16)3-1-2-4-13/h5H,1-4,6-7,16H2. The van der Waals surface area contributed by atoms with Gasteiger partial charge >= 0.3 is 0 Å². The molecule has 0 saturated heterocycles. The van der Waals surface area contributed by atoms with Crippen molar-refractivity contribution in [3.63, 3.8) is 0 Å². The lowest BCUT2D eigenvalue weighted by Crippen LogP contribution is -2.33. The van der Waals surface area contributed by atoms with Crippen LogP contribution < -0.4 is 15.2 Å². The van der Waals surface area contributed by atoms with Gasteiger partial charge in [0, 0.05) is 17.5 Å². The summed E-state index contributed by atoms with van der Waals surface area (Å²) < 4.78 is 25.5. The van der Waals surface area contributed by atoms with E-state index in [1.165, 1.54) is 0 Å². The molecule has 3 rings (SSSR count). The average molecular weight is 316 g/mol. The van der Waals surface area contributed by atoms with Crippen molar-refractivity contribution >= 4 is 15.9 Å². The van der Waals surface area contributed by atoms with Gasteiger partial charge in [-0.15, -0.1) is 0 Å². The van der Waals surface area contributed by atoms with Gasteiger partial charge in [0.05, 0.1) is 4.47 Å². The van der Waals surface area contributed by atoms with Crippen molar-refractivity contribution in [1.82, 2.24) is 0 Å². The van der Waals surface area contributed by atoms with E-state index in [4.69, 9.17) is 15.2 Å². The van der Waals surface area contributed by atoms with E-state index in [2.05, 4.69) is 15.9 Å². The monoisotopic (exact) mass is 315 g/mol. The number of hydrogen-bond acceptors (Lipinski definition) is 3. The Morgan fingerprint density at radius 3 is 2.72 bits per heavy atom. The molecular formula is C13H15BrFNO2. The predicted molar refractivity (Wildman–Crippen MR) is 69.4 cm³/mol. The van der Waals surface area contributed by atoms with Gasteiger partial charge in [-0.05, 0) is 34.8 Å². The number of ether oxygens (including phenoxy) is 2. The van der Waals surface area contributed by atoms with E-state index in [9.17, 15) is 4.39 Å². The highest BCUT2D eigenvalue weighted by Crippen LogP contribution is 2.48. The maximum atomic E-state index is 14.5. The highest BCUT2D eigenvalue weighted by atomic mass is 79.9. The summed E-state index contributed by atoms with van der Waals surface area (Å²) in [6, 6.07) is 1.76. The molecule has 18 heavy (non-hydrogen) atoms. The Morgan fingerprint density at radius 1 is 1.33 bits per heavy atom. The van der Waals surface area contributed by atoms with Crippen molar-refractivity contribution < 1.29 is 13.9 Å². The number of fused-ring (bicyclic) bond motifs is 1. The first-order valence-corrected chi connectivity index (χ1v) is 6.95. The first-order chi connectivity index (χ1) is 8.68. The maximum absolute atomic E-state index is 14.5. The summed E-state index contributed by atoms with van der Waals surface area (Å²) in [5.41, 5.74) is 6.33. The summed E-state index contributed by atoms with van der Waals surface area (Å²) in [5.74, 6) is 0.811. The number of hydrogen-bond donors (Lipinski definition) is 1. The van der Waals surface area contributed by atoms with E-state index in [1.807, 2.05) is 0 Å². The van der Waals surface area contributed by atoms with Crippen LogP contribution in [0.2, 0.25) is 0 Å². The van der Waals surface area contributed by atoms with Crippen LogP contribution >= 0.6 is 15.9 Å². The van der Waals surface area contributed by atoms with Crippen LogP contribution in [0.4, 0.5) is 4.39 Å². The Labute approximate surface area is 114 Å². The van der Waals surface area contributed by atoms with Gasteiger partial charge in [-0.3, -0.25) is 0 Å². The average Bonchev–Trinajstić information content (AvgIpc) is 3.02. The van der Waals surface area contributed by atoms with Crippen LogP contribution in [0.15, 0.2) is 10.5 Å². The van der Waals surface area contributed by atoms with E-state index >= 15 is 0 Å². The molecule has 1 aliphatic heterocycles. The van der Waals surface area contributed by atoms with Gasteiger partial charge in [-0.1, -0.05) is 12.8 Å². The van der Waals surface area contributed by atoms with Crippen molar-refractivity contribution in [1.29, 1.82) is 0 Å². The molecular weight excluding hydrogens is 301 g/mol. The Balaban J connectivity index is 2.15. The number of rotatable bonds is 2. The molecule has 0 atom stereocenters. The largest absolute Gasteiger partial charge is 0.454 e. The van der Waals surface area contributed by atoms with Gasteiger partial charge in [-0.25, -0.2) is 4.39 Å². The molecule has 0 aromatic heterocycles. The molecule has 3 nitrogen and oxygen atoms in total. The number of halogens is 2. The summed E-state index contributed by atoms with van der Waals surface area (Å²) in [4.78, 5) is 0. The number of nitrogens with two attached hydrogens (primary N) is 1. The molecule has 1 aromatic rings. The third-order valence-electron chi connectivity index (χ3n) is 4.07. The first kappa shape index (κ1) is 12.2. The van der Waals surface area contributed by atoms with E-state index in [0.717, 1.165) is 25.7 Å². The quantitative estimate of drug-likeness (QED) is 0.912. The Morgan fingerprint density at radius 2 is 2.06 bits per heavy atom. The Bertz CT molecular complexity index is 486. The van der Waals surface area contributed by atoms with Crippen molar-refractivity contribution in [3.8, 4) is 11.5 Å². The minimum atomic E-state index is -0.258. The molecule has 5 heteroatoms. The fraction of sp³-hybridized carbons (Fsp3) is 0.538. The van der Waals surface area contributed by atoms with Crippen LogP contribution in [0.5, 0.6) is 11.5 Å². The van der Waals surface area contributed by atoms with Gasteiger partial charge in [0.1, 0.15) is 5.82 Å². The van der Waals surface area contributed by atoms with Crippen molar-refractivity contribution in [2.75, 3.05) is 13.3 Å². The highest BCUT2D eigenvalue weighted by Gasteiger charge is 2.39. The lowest BCUT2D eigenvalue weighted by atomic mass is 9.78. The molecule has 1 aliphatic carbocycles. The second-order valence-corrected chi connectivity index (χ2v) is 5.77. The van der Waals surface area contributed by atoms with E-state index in [-0.39, 0.29) is 18.0 Å². The Kier molecular flexibility index (Phi) is 2.98. The summed E-state index contributed by atoms with van der Waals surface area (Å²) >= 11 is 3.26. The van der Waals surface area contributed by atoms with E-state index in [1.54, 1.807) is 6.07 Å². The van der Waals surface area contributed by atoms with Crippen LogP contribution in [0.25, 0.3) is 0 Å². The molecule has 1 fully saturated rings. The van der Waals surface area contributed by atoms with Crippen LogP contribution in [0.1, 0.15) is 31.2 Å². The van der Waals surface area contributed by atoms with Crippen LogP contribution in [-0.2, 0) is 5.41 Å². The maximum Gasteiger partial charge on any atom is 0.231 e. The molecule has 1 saturated carbocycles. The van der Waals surface area contributed by atoms with Gasteiger partial charge in [0.2, 0.25) is 6.79 Å². The van der Waals surface area contributed by atoms with Gasteiger partial charge in [-0.2, -0.15) is 0 Å². The zero-order valence-corrected chi connectivity index (χ0v) is 11.6. The van der Waals surface area contributed by atoms with Crippen LogP contribution in [0, 0.1) is 5.82 Å². The molecule has 0 radical (unpaired) electrons. The number of benzene rings is 1. The molecule has 0 spiro atoms. The summed E-state index contributed by atoms with van der Waals surface area (Å²) in [6.07, 6.45) is 4.07. The highest BCUT2D eigenvalue weighted by molar-refractivity contribution is 9.10. The smallest absolute Gasteiger partial charge is 0.231 e. The van der Waals surface area contributed by atoms with E-state index < -0.39 is 0 Å². The molecule has 1 heterocycles. The van der Waals surface area contributed by atoms with Gasteiger partial charge < -0.3 is 15.2 Å². The summed E-state index contributed by atoms with van der Waals surface area (Å²) in [6.45, 7) is 0.614. The fourth-order valence-electron chi connectivity index (χ4n) is 3.00. The third kappa shape index (κ3) is 1.64. The second kappa shape index (κ2) is 4.38. The second-order valence-electron chi connectivity index (χ2n) is 4.98. The van der Waals surface area contributed by atoms with E-state index in [0.29, 0.717) is 28.1 Å². The molecule has 1 aromatic carbocycles. The van der Waals surface area contributed by atoms with Crippen molar-refractivity contribution in [2.45, 2.75) is 31.1 Å². The van der Waals surface area contributed by atoms with Gasteiger partial charge in [0.15, 0.2) is 11.5 Å². The van der Waals surface area contributed by atoms with Gasteiger partial charge in [0.25, 0.3) is 0 Å². The SMILES string of the molecule is NCC1(c2cc3c(c(Br)c2F)OCO3)CCCC1. The Hall–Kier alpha value is -0.810. The zero-order chi connectivity index (χ0) is 12.8. The third-order valence-corrected chi connectivity index (χ3v) is 4.78. The predicted octanol–water partition coefficient (Wildman–Crippen LogP) is 3.09. The lowest BCUT2D eigenvalue weighted by molar-refractivity contribution is 0.173. The van der Waals surface area contributed by atoms with Crippen molar-refractivity contribution in [2.24, 2.45) is 5.73 Å². The fourth-order valence-corrected chi connectivity index (χ4v) is 3.52. The molecule has 0 unspecified atom stereocenters. The first-order valence-electron chi connectivity index (χ1n) is 6.16. The zero-order valence-electron chi connectivity index (χ0n) is 9.97. The minimum Gasteiger partial charge on any atom is -0.454 e. The molecule has 2 N–H and O–H groups in total. The summed E-state index contributed by atoms with van der Waals surface area (Å²) in [7, 11) is 0. The molecule has 98 valence electrons. The molecule has 2 aliphatic rings.